The zero-order chi connectivity index (χ0) is 37.9. The molecule has 0 aliphatic heterocycles. The summed E-state index contributed by atoms with van der Waals surface area (Å²) in [6.45, 7) is 17.3. The lowest BCUT2D eigenvalue weighted by molar-refractivity contribution is -0.904. The van der Waals surface area contributed by atoms with Crippen LogP contribution in [0, 0.1) is 41.5 Å². The van der Waals surface area contributed by atoms with Crippen LogP contribution in [0.15, 0.2) is 69.0 Å². The standard InChI is InChI=1S/C42H63N6O3.3ClH/c1-31-13-16-37(34(4)25-31)28-46(7,8)22-19-43-40(49)44(20-23-47(9,10)29-38-17-14-32(2)26-35(38)5)42(51)45(41(43)50)21-24-48(11,12)30-39-18-15-33(3)27-36(39)6;;;/h13-18,25-27H,19-24,28-30H2,1-12H3;3*1H/q+3;;;/p-3. The van der Waals surface area contributed by atoms with E-state index in [-0.39, 0.29) is 56.9 Å². The third-order valence-corrected chi connectivity index (χ3v) is 10.5. The number of rotatable bonds is 15. The summed E-state index contributed by atoms with van der Waals surface area (Å²) in [6.07, 6.45) is 0. The van der Waals surface area contributed by atoms with Crippen molar-refractivity contribution < 1.29 is 50.7 Å². The van der Waals surface area contributed by atoms with Crippen LogP contribution in [0.2, 0.25) is 0 Å². The molecule has 0 saturated heterocycles. The zero-order valence-electron chi connectivity index (χ0n) is 34.6. The molecule has 9 nitrogen and oxygen atoms in total. The lowest BCUT2D eigenvalue weighted by atomic mass is 10.0. The van der Waals surface area contributed by atoms with Gasteiger partial charge in [0.1, 0.15) is 19.6 Å². The number of aryl methyl sites for hydroxylation is 6. The first-order valence-electron chi connectivity index (χ1n) is 18.3. The van der Waals surface area contributed by atoms with Gasteiger partial charge in [-0.2, -0.15) is 0 Å². The molecule has 4 rings (SSSR count). The molecule has 4 aromatic rings. The summed E-state index contributed by atoms with van der Waals surface area (Å²) >= 11 is 0. The Morgan fingerprint density at radius 3 is 0.833 bits per heavy atom. The van der Waals surface area contributed by atoms with Crippen LogP contribution >= 0.6 is 0 Å². The predicted molar refractivity (Wildman–Crippen MR) is 209 cm³/mol. The van der Waals surface area contributed by atoms with Gasteiger partial charge in [0.15, 0.2) is 0 Å². The van der Waals surface area contributed by atoms with E-state index in [1.54, 1.807) is 0 Å². The molecule has 300 valence electrons. The molecular formula is C42H63Cl3N6O3. The fourth-order valence-electron chi connectivity index (χ4n) is 7.06. The van der Waals surface area contributed by atoms with Crippen molar-refractivity contribution in [2.24, 2.45) is 0 Å². The van der Waals surface area contributed by atoms with Gasteiger partial charge in [0.25, 0.3) is 0 Å². The summed E-state index contributed by atoms with van der Waals surface area (Å²) in [7, 11) is 12.7. The molecule has 3 aromatic carbocycles. The highest BCUT2D eigenvalue weighted by molar-refractivity contribution is 5.31. The molecule has 0 saturated carbocycles. The number of aromatic nitrogens is 3. The molecule has 0 aliphatic rings. The fraction of sp³-hybridized carbons (Fsp3) is 0.500. The minimum atomic E-state index is -0.525. The molecule has 0 radical (unpaired) electrons. The second-order valence-electron chi connectivity index (χ2n) is 17.0. The van der Waals surface area contributed by atoms with Crippen molar-refractivity contribution in [3.8, 4) is 0 Å². The maximum Gasteiger partial charge on any atom is 0.336 e. The van der Waals surface area contributed by atoms with Gasteiger partial charge in [0.2, 0.25) is 0 Å². The van der Waals surface area contributed by atoms with Gasteiger partial charge >= 0.3 is 17.1 Å². The molecule has 0 atom stereocenters. The lowest BCUT2D eigenvalue weighted by Crippen LogP contribution is -3.00. The average Bonchev–Trinajstić information content (AvgIpc) is 3.01. The van der Waals surface area contributed by atoms with Crippen molar-refractivity contribution in [3.63, 3.8) is 0 Å². The summed E-state index contributed by atoms with van der Waals surface area (Å²) in [5, 5.41) is 0. The van der Waals surface area contributed by atoms with Crippen LogP contribution in [0.25, 0.3) is 0 Å². The van der Waals surface area contributed by atoms with E-state index in [0.717, 1.165) is 19.6 Å². The molecule has 0 fully saturated rings. The summed E-state index contributed by atoms with van der Waals surface area (Å²) < 4.78 is 5.69. The second-order valence-corrected chi connectivity index (χ2v) is 17.0. The molecule has 0 N–H and O–H groups in total. The summed E-state index contributed by atoms with van der Waals surface area (Å²) in [4.78, 5) is 42.3. The zero-order valence-corrected chi connectivity index (χ0v) is 36.9. The Morgan fingerprint density at radius 1 is 0.407 bits per heavy atom. The molecule has 54 heavy (non-hydrogen) atoms. The molecule has 0 unspecified atom stereocenters. The van der Waals surface area contributed by atoms with Gasteiger partial charge < -0.3 is 50.7 Å². The smallest absolute Gasteiger partial charge is 0.336 e. The van der Waals surface area contributed by atoms with Crippen molar-refractivity contribution in [2.75, 3.05) is 61.9 Å². The van der Waals surface area contributed by atoms with Gasteiger partial charge in [-0.3, -0.25) is 0 Å². The Balaban J connectivity index is 0.00000486. The first-order valence-corrected chi connectivity index (χ1v) is 18.3. The quantitative estimate of drug-likeness (QED) is 0.115. The average molecular weight is 806 g/mol. The van der Waals surface area contributed by atoms with E-state index >= 15 is 0 Å². The molecule has 12 heteroatoms. The molecule has 0 spiro atoms. The Kier molecular flexibility index (Phi) is 17.7. The minimum absolute atomic E-state index is 0. The maximum absolute atomic E-state index is 14.1. The largest absolute Gasteiger partial charge is 1.00 e. The molecule has 0 amide bonds. The Bertz CT molecular complexity index is 1800. The van der Waals surface area contributed by atoms with Crippen LogP contribution in [0.3, 0.4) is 0 Å². The van der Waals surface area contributed by atoms with Crippen LogP contribution in [0.4, 0.5) is 0 Å². The first kappa shape index (κ1) is 48.8. The van der Waals surface area contributed by atoms with Crippen molar-refractivity contribution in [3.05, 3.63) is 136 Å². The molecule has 1 heterocycles. The van der Waals surface area contributed by atoms with Crippen molar-refractivity contribution >= 4 is 0 Å². The number of hydrogen-bond donors (Lipinski definition) is 0. The van der Waals surface area contributed by atoms with Gasteiger partial charge in [-0.25, -0.2) is 28.1 Å². The first-order chi connectivity index (χ1) is 23.7. The van der Waals surface area contributed by atoms with Crippen LogP contribution < -0.4 is 54.3 Å². The van der Waals surface area contributed by atoms with Crippen LogP contribution in [-0.4, -0.2) is 89.1 Å². The number of nitrogens with zero attached hydrogens (tertiary/aromatic N) is 6. The van der Waals surface area contributed by atoms with Crippen LogP contribution in [0.5, 0.6) is 0 Å². The minimum Gasteiger partial charge on any atom is -1.00 e. The van der Waals surface area contributed by atoms with Crippen LogP contribution in [-0.2, 0) is 39.3 Å². The molecule has 0 aliphatic carbocycles. The van der Waals surface area contributed by atoms with Gasteiger partial charge in [-0.15, -0.1) is 0 Å². The second kappa shape index (κ2) is 19.6. The highest BCUT2D eigenvalue weighted by Gasteiger charge is 2.25. The third kappa shape index (κ3) is 13.0. The number of hydrogen-bond acceptors (Lipinski definition) is 3. The Labute approximate surface area is 341 Å². The maximum atomic E-state index is 14.1. The SMILES string of the molecule is Cc1ccc(C[N+](C)(C)CCn2c(=O)n(CC[N+](C)(C)Cc3ccc(C)cc3C)c(=O)n(CC[N+](C)(C)Cc3ccc(C)cc3C)c2=O)c(C)c1.[Cl-].[Cl-].[Cl-]. The van der Waals surface area contributed by atoms with Gasteiger partial charge in [0.05, 0.1) is 81.6 Å². The molecule has 0 bridgehead atoms. The van der Waals surface area contributed by atoms with E-state index in [9.17, 15) is 14.4 Å². The number of benzene rings is 3. The van der Waals surface area contributed by atoms with Gasteiger partial charge in [0, 0.05) is 16.7 Å². The highest BCUT2D eigenvalue weighted by Crippen LogP contribution is 2.18. The fourth-order valence-corrected chi connectivity index (χ4v) is 7.06. The molecular weight excluding hydrogens is 743 g/mol. The van der Waals surface area contributed by atoms with Crippen molar-refractivity contribution in [2.45, 2.75) is 80.8 Å². The Morgan fingerprint density at radius 2 is 0.630 bits per heavy atom. The predicted octanol–water partition coefficient (Wildman–Crippen LogP) is -4.14. The van der Waals surface area contributed by atoms with E-state index in [1.165, 1.54) is 63.8 Å². The van der Waals surface area contributed by atoms with E-state index in [1.807, 2.05) is 0 Å². The lowest BCUT2D eigenvalue weighted by Gasteiger charge is -2.32. The monoisotopic (exact) mass is 804 g/mol. The van der Waals surface area contributed by atoms with Crippen molar-refractivity contribution in [1.29, 1.82) is 0 Å². The van der Waals surface area contributed by atoms with Crippen LogP contribution in [0.1, 0.15) is 50.1 Å². The summed E-state index contributed by atoms with van der Waals surface area (Å²) in [6, 6.07) is 19.4. The van der Waals surface area contributed by atoms with E-state index in [4.69, 9.17) is 0 Å². The van der Waals surface area contributed by atoms with Gasteiger partial charge in [-0.1, -0.05) is 71.3 Å². The Hall–Kier alpha value is -3.18. The topological polar surface area (TPSA) is 66.0 Å². The normalized spacial score (nSPS) is 11.8. The third-order valence-electron chi connectivity index (χ3n) is 10.5. The molecule has 1 aromatic heterocycles. The number of likely N-dealkylation sites (N-methyl/N-ethyl adjacent to an activating group) is 3. The van der Waals surface area contributed by atoms with Crippen molar-refractivity contribution in [1.82, 2.24) is 13.7 Å². The highest BCUT2D eigenvalue weighted by atomic mass is 35.5. The van der Waals surface area contributed by atoms with E-state index in [2.05, 4.69) is 138 Å². The number of quaternary nitrogens is 3. The van der Waals surface area contributed by atoms with E-state index in [0.29, 0.717) is 33.1 Å². The number of halogens is 3. The van der Waals surface area contributed by atoms with E-state index < -0.39 is 17.1 Å². The summed E-state index contributed by atoms with van der Waals surface area (Å²) in [5.74, 6) is 0. The van der Waals surface area contributed by atoms with Gasteiger partial charge in [-0.05, 0) is 58.2 Å². The summed E-state index contributed by atoms with van der Waals surface area (Å²) in [5.41, 5.74) is 9.53.